The summed E-state index contributed by atoms with van der Waals surface area (Å²) in [5.74, 6) is 0.379. The van der Waals surface area contributed by atoms with E-state index in [1.807, 2.05) is 11.8 Å². The number of amides is 2. The Morgan fingerprint density at radius 2 is 1.78 bits per heavy atom. The number of likely N-dealkylation sites (tertiary alicyclic amines) is 1. The molecule has 1 fully saturated rings. The van der Waals surface area contributed by atoms with E-state index < -0.39 is 0 Å². The number of hydrogen-bond donors (Lipinski definition) is 1. The van der Waals surface area contributed by atoms with Crippen LogP contribution >= 0.6 is 0 Å². The maximum absolute atomic E-state index is 12.7. The molecule has 1 aromatic carbocycles. The lowest BCUT2D eigenvalue weighted by Gasteiger charge is -2.19. The Balaban J connectivity index is 1.68. The van der Waals surface area contributed by atoms with E-state index in [0.717, 1.165) is 44.5 Å². The van der Waals surface area contributed by atoms with Crippen molar-refractivity contribution in [1.29, 1.82) is 0 Å². The fourth-order valence-electron chi connectivity index (χ4n) is 3.13. The predicted octanol–water partition coefficient (Wildman–Crippen LogP) is 3.75. The van der Waals surface area contributed by atoms with Crippen molar-refractivity contribution < 1.29 is 14.3 Å². The number of nitrogens with one attached hydrogen (secondary N) is 1. The number of nitrogens with zero attached hydrogens (tertiary/aromatic N) is 2. The molecule has 3 rings (SSSR count). The molecule has 1 saturated heterocycles. The topological polar surface area (TPSA) is 71.5 Å². The molecule has 2 heterocycles. The van der Waals surface area contributed by atoms with Gasteiger partial charge in [0, 0.05) is 30.5 Å². The summed E-state index contributed by atoms with van der Waals surface area (Å²) in [6.07, 6.45) is 5.86. The molecule has 0 unspecified atom stereocenters. The number of carbonyl (C=O) groups excluding carboxylic acids is 2. The Hall–Kier alpha value is -2.89. The molecule has 27 heavy (non-hydrogen) atoms. The molecule has 1 aliphatic rings. The van der Waals surface area contributed by atoms with E-state index in [4.69, 9.17) is 4.74 Å². The molecule has 0 aliphatic carbocycles. The second-order valence-corrected chi connectivity index (χ2v) is 6.55. The summed E-state index contributed by atoms with van der Waals surface area (Å²) in [5.41, 5.74) is 1.40. The second-order valence-electron chi connectivity index (χ2n) is 6.55. The SMILES string of the molecule is CCOc1ccc(NC(=O)c2ccnc(C(=O)N3CCCCCC3)c2)cc1. The first-order valence-electron chi connectivity index (χ1n) is 9.47. The largest absolute Gasteiger partial charge is 0.494 e. The molecule has 0 spiro atoms. The van der Waals surface area contributed by atoms with Crippen LogP contribution in [-0.4, -0.2) is 41.4 Å². The van der Waals surface area contributed by atoms with Gasteiger partial charge in [0.2, 0.25) is 0 Å². The van der Waals surface area contributed by atoms with Crippen molar-refractivity contribution in [2.24, 2.45) is 0 Å². The zero-order chi connectivity index (χ0) is 19.1. The molecular weight excluding hydrogens is 342 g/mol. The summed E-state index contributed by atoms with van der Waals surface area (Å²) in [5, 5.41) is 2.84. The Morgan fingerprint density at radius 1 is 1.07 bits per heavy atom. The number of pyridine rings is 1. The highest BCUT2D eigenvalue weighted by molar-refractivity contribution is 6.05. The minimum absolute atomic E-state index is 0.104. The number of carbonyl (C=O) groups is 2. The van der Waals surface area contributed by atoms with Crippen LogP contribution in [-0.2, 0) is 0 Å². The van der Waals surface area contributed by atoms with Gasteiger partial charge < -0.3 is 15.0 Å². The zero-order valence-electron chi connectivity index (χ0n) is 15.6. The highest BCUT2D eigenvalue weighted by Gasteiger charge is 2.19. The molecule has 6 heteroatoms. The summed E-state index contributed by atoms with van der Waals surface area (Å²) >= 11 is 0. The highest BCUT2D eigenvalue weighted by Crippen LogP contribution is 2.17. The zero-order valence-corrected chi connectivity index (χ0v) is 15.6. The van der Waals surface area contributed by atoms with Gasteiger partial charge in [0.05, 0.1) is 6.61 Å². The molecule has 1 aromatic heterocycles. The third-order valence-electron chi connectivity index (χ3n) is 4.56. The van der Waals surface area contributed by atoms with E-state index in [9.17, 15) is 9.59 Å². The standard InChI is InChI=1S/C21H25N3O3/c1-2-27-18-9-7-17(8-10-18)23-20(25)16-11-12-22-19(15-16)21(26)24-13-5-3-4-6-14-24/h7-12,15H,2-6,13-14H2,1H3,(H,23,25). The lowest BCUT2D eigenvalue weighted by atomic mass is 10.2. The van der Waals surface area contributed by atoms with E-state index in [-0.39, 0.29) is 11.8 Å². The van der Waals surface area contributed by atoms with Crippen molar-refractivity contribution in [3.63, 3.8) is 0 Å². The smallest absolute Gasteiger partial charge is 0.272 e. The molecule has 142 valence electrons. The Kier molecular flexibility index (Phi) is 6.41. The van der Waals surface area contributed by atoms with Crippen molar-refractivity contribution in [1.82, 2.24) is 9.88 Å². The Labute approximate surface area is 159 Å². The number of benzene rings is 1. The Morgan fingerprint density at radius 3 is 2.44 bits per heavy atom. The molecule has 1 N–H and O–H groups in total. The average Bonchev–Trinajstić information content (AvgIpc) is 2.99. The molecule has 1 aliphatic heterocycles. The number of anilines is 1. The van der Waals surface area contributed by atoms with Gasteiger partial charge in [0.1, 0.15) is 11.4 Å². The van der Waals surface area contributed by atoms with Crippen molar-refractivity contribution in [3.8, 4) is 5.75 Å². The van der Waals surface area contributed by atoms with Gasteiger partial charge in [-0.15, -0.1) is 0 Å². The molecular formula is C21H25N3O3. The molecule has 2 aromatic rings. The van der Waals surface area contributed by atoms with E-state index in [2.05, 4.69) is 10.3 Å². The van der Waals surface area contributed by atoms with Crippen LogP contribution in [0.1, 0.15) is 53.5 Å². The summed E-state index contributed by atoms with van der Waals surface area (Å²) < 4.78 is 5.40. The highest BCUT2D eigenvalue weighted by atomic mass is 16.5. The first-order chi connectivity index (χ1) is 13.2. The predicted molar refractivity (Wildman–Crippen MR) is 104 cm³/mol. The van der Waals surface area contributed by atoms with Crippen molar-refractivity contribution in [3.05, 3.63) is 53.9 Å². The van der Waals surface area contributed by atoms with Gasteiger partial charge in [-0.1, -0.05) is 12.8 Å². The first-order valence-corrected chi connectivity index (χ1v) is 9.47. The summed E-state index contributed by atoms with van der Waals surface area (Å²) in [7, 11) is 0. The molecule has 2 amide bonds. The van der Waals surface area contributed by atoms with Crippen LogP contribution in [0, 0.1) is 0 Å². The van der Waals surface area contributed by atoms with E-state index in [0.29, 0.717) is 23.6 Å². The van der Waals surface area contributed by atoms with Crippen molar-refractivity contribution in [2.45, 2.75) is 32.6 Å². The van der Waals surface area contributed by atoms with E-state index >= 15 is 0 Å². The second kappa shape index (κ2) is 9.16. The molecule has 6 nitrogen and oxygen atoms in total. The Bertz CT molecular complexity index is 782. The average molecular weight is 367 g/mol. The number of ether oxygens (including phenoxy) is 1. The van der Waals surface area contributed by atoms with Crippen LogP contribution in [0.15, 0.2) is 42.6 Å². The van der Waals surface area contributed by atoms with Gasteiger partial charge in [-0.25, -0.2) is 0 Å². The van der Waals surface area contributed by atoms with Gasteiger partial charge in [-0.3, -0.25) is 14.6 Å². The minimum atomic E-state index is -0.272. The van der Waals surface area contributed by atoms with Crippen LogP contribution in [0.4, 0.5) is 5.69 Å². The van der Waals surface area contributed by atoms with Gasteiger partial charge in [-0.05, 0) is 56.2 Å². The summed E-state index contributed by atoms with van der Waals surface area (Å²) in [4.78, 5) is 31.3. The number of aromatic nitrogens is 1. The molecule has 0 radical (unpaired) electrons. The van der Waals surface area contributed by atoms with Gasteiger partial charge >= 0.3 is 0 Å². The van der Waals surface area contributed by atoms with Gasteiger partial charge in [0.15, 0.2) is 0 Å². The quantitative estimate of drug-likeness (QED) is 0.874. The monoisotopic (exact) mass is 367 g/mol. The van der Waals surface area contributed by atoms with Crippen LogP contribution in [0.2, 0.25) is 0 Å². The molecule has 0 saturated carbocycles. The summed E-state index contributed by atoms with van der Waals surface area (Å²) in [6.45, 7) is 4.02. The van der Waals surface area contributed by atoms with Crippen molar-refractivity contribution >= 4 is 17.5 Å². The van der Waals surface area contributed by atoms with Gasteiger partial charge in [-0.2, -0.15) is 0 Å². The van der Waals surface area contributed by atoms with Crippen LogP contribution in [0.5, 0.6) is 5.75 Å². The minimum Gasteiger partial charge on any atom is -0.494 e. The van der Waals surface area contributed by atoms with Crippen molar-refractivity contribution in [2.75, 3.05) is 25.0 Å². The fraction of sp³-hybridized carbons (Fsp3) is 0.381. The van der Waals surface area contributed by atoms with Crippen LogP contribution in [0.25, 0.3) is 0 Å². The van der Waals surface area contributed by atoms with Gasteiger partial charge in [0.25, 0.3) is 11.8 Å². The maximum Gasteiger partial charge on any atom is 0.272 e. The number of rotatable bonds is 5. The lowest BCUT2D eigenvalue weighted by Crippen LogP contribution is -2.32. The maximum atomic E-state index is 12.7. The summed E-state index contributed by atoms with van der Waals surface area (Å²) in [6, 6.07) is 10.4. The van der Waals surface area contributed by atoms with Crippen LogP contribution in [0.3, 0.4) is 0 Å². The molecule has 0 atom stereocenters. The number of hydrogen-bond acceptors (Lipinski definition) is 4. The first kappa shape index (κ1) is 18.9. The lowest BCUT2D eigenvalue weighted by molar-refractivity contribution is 0.0755. The third kappa shape index (κ3) is 5.06. The van der Waals surface area contributed by atoms with E-state index in [1.165, 1.54) is 6.20 Å². The van der Waals surface area contributed by atoms with Crippen LogP contribution < -0.4 is 10.1 Å². The van der Waals surface area contributed by atoms with E-state index in [1.54, 1.807) is 36.4 Å². The normalized spacial score (nSPS) is 14.3. The third-order valence-corrected chi connectivity index (χ3v) is 4.56. The molecule has 0 bridgehead atoms. The fourth-order valence-corrected chi connectivity index (χ4v) is 3.13.